The molecule has 3 N–H and O–H groups in total. The van der Waals surface area contributed by atoms with Gasteiger partial charge in [-0.3, -0.25) is 4.79 Å². The van der Waals surface area contributed by atoms with Crippen LogP contribution in [0.2, 0.25) is 0 Å². The molecule has 1 unspecified atom stereocenters. The average molecular weight is 499 g/mol. The number of carbonyl (C=O) groups is 1. The zero-order chi connectivity index (χ0) is 25.9. The van der Waals surface area contributed by atoms with E-state index in [4.69, 9.17) is 4.74 Å². The fourth-order valence-corrected chi connectivity index (χ4v) is 4.08. The predicted octanol–water partition coefficient (Wildman–Crippen LogP) is 5.47. The van der Waals surface area contributed by atoms with E-state index in [9.17, 15) is 23.1 Å². The standard InChI is InChI=1S/C27H25F3N2O4/c1-26(16-33,14-19-15-31-23-9-4-3-8-21(19)23)32-25(34)22-13-18(10-11-24(22)36-27(28,29)30)17-6-5-7-20(12-17)35-2/h3-13,15,31,33H,14,16H2,1-2H3,(H,32,34). The molecule has 0 aliphatic carbocycles. The molecule has 0 aliphatic heterocycles. The first-order chi connectivity index (χ1) is 17.1. The van der Waals surface area contributed by atoms with Gasteiger partial charge in [-0.15, -0.1) is 13.2 Å². The van der Waals surface area contributed by atoms with Crippen LogP contribution in [-0.2, 0) is 6.42 Å². The Labute approximate surface area is 205 Å². The number of para-hydroxylation sites is 1. The molecule has 0 aliphatic rings. The fourth-order valence-electron chi connectivity index (χ4n) is 4.08. The lowest BCUT2D eigenvalue weighted by atomic mass is 9.92. The second-order valence-corrected chi connectivity index (χ2v) is 8.70. The average Bonchev–Trinajstić information content (AvgIpc) is 3.25. The molecule has 0 bridgehead atoms. The molecular weight excluding hydrogens is 473 g/mol. The molecule has 1 amide bonds. The molecule has 1 aromatic heterocycles. The Morgan fingerprint density at radius 1 is 1.03 bits per heavy atom. The van der Waals surface area contributed by atoms with E-state index in [0.29, 0.717) is 16.9 Å². The van der Waals surface area contributed by atoms with Crippen LogP contribution in [0.5, 0.6) is 11.5 Å². The Balaban J connectivity index is 1.68. The van der Waals surface area contributed by atoms with Crippen molar-refractivity contribution in [2.45, 2.75) is 25.2 Å². The summed E-state index contributed by atoms with van der Waals surface area (Å²) >= 11 is 0. The molecule has 6 nitrogen and oxygen atoms in total. The van der Waals surface area contributed by atoms with Gasteiger partial charge in [0.1, 0.15) is 11.5 Å². The summed E-state index contributed by atoms with van der Waals surface area (Å²) in [5, 5.41) is 13.8. The van der Waals surface area contributed by atoms with E-state index in [1.165, 1.54) is 19.2 Å². The van der Waals surface area contributed by atoms with Crippen molar-refractivity contribution < 1.29 is 32.5 Å². The van der Waals surface area contributed by atoms with Crippen LogP contribution in [0.1, 0.15) is 22.8 Å². The zero-order valence-corrected chi connectivity index (χ0v) is 19.6. The molecule has 4 rings (SSSR count). The van der Waals surface area contributed by atoms with Crippen LogP contribution in [-0.4, -0.2) is 41.6 Å². The summed E-state index contributed by atoms with van der Waals surface area (Å²) in [5.74, 6) is -0.893. The third-order valence-corrected chi connectivity index (χ3v) is 5.87. The lowest BCUT2D eigenvalue weighted by Gasteiger charge is -2.29. The number of hydrogen-bond donors (Lipinski definition) is 3. The number of rotatable bonds is 8. The van der Waals surface area contributed by atoms with Crippen molar-refractivity contribution in [2.75, 3.05) is 13.7 Å². The number of nitrogens with one attached hydrogen (secondary N) is 2. The molecule has 3 aromatic carbocycles. The molecule has 9 heteroatoms. The number of H-pyrrole nitrogens is 1. The van der Waals surface area contributed by atoms with E-state index in [2.05, 4.69) is 15.0 Å². The Kier molecular flexibility index (Phi) is 6.94. The molecule has 0 radical (unpaired) electrons. The Hall–Kier alpha value is -3.98. The number of amides is 1. The highest BCUT2D eigenvalue weighted by atomic mass is 19.4. The van der Waals surface area contributed by atoms with Gasteiger partial charge in [0.2, 0.25) is 0 Å². The number of hydrogen-bond acceptors (Lipinski definition) is 4. The van der Waals surface area contributed by atoms with Gasteiger partial charge < -0.3 is 24.9 Å². The van der Waals surface area contributed by atoms with E-state index in [-0.39, 0.29) is 12.0 Å². The number of methoxy groups -OCH3 is 1. The second kappa shape index (κ2) is 9.94. The molecule has 0 saturated carbocycles. The maximum atomic E-state index is 13.3. The molecule has 4 aromatic rings. The molecule has 1 atom stereocenters. The summed E-state index contributed by atoms with van der Waals surface area (Å²) in [6, 6.07) is 18.4. The second-order valence-electron chi connectivity index (χ2n) is 8.70. The highest BCUT2D eigenvalue weighted by Gasteiger charge is 2.34. The topological polar surface area (TPSA) is 83.6 Å². The van der Waals surface area contributed by atoms with Gasteiger partial charge in [0, 0.05) is 17.1 Å². The van der Waals surface area contributed by atoms with Crippen molar-refractivity contribution >= 4 is 16.8 Å². The molecule has 1 heterocycles. The number of aromatic nitrogens is 1. The van der Waals surface area contributed by atoms with Crippen LogP contribution in [0.25, 0.3) is 22.0 Å². The minimum absolute atomic E-state index is 0.240. The molecule has 0 fully saturated rings. The van der Waals surface area contributed by atoms with E-state index >= 15 is 0 Å². The molecule has 36 heavy (non-hydrogen) atoms. The fraction of sp³-hybridized carbons (Fsp3) is 0.222. The van der Waals surface area contributed by atoms with E-state index in [1.807, 2.05) is 24.3 Å². The molecule has 0 spiro atoms. The lowest BCUT2D eigenvalue weighted by molar-refractivity contribution is -0.274. The minimum atomic E-state index is -4.99. The third kappa shape index (κ3) is 5.63. The van der Waals surface area contributed by atoms with E-state index in [1.54, 1.807) is 37.4 Å². The monoisotopic (exact) mass is 498 g/mol. The SMILES string of the molecule is COc1cccc(-c2ccc(OC(F)(F)F)c(C(=O)NC(C)(CO)Cc3c[nH]c4ccccc34)c2)c1. The van der Waals surface area contributed by atoms with Crippen molar-refractivity contribution in [2.24, 2.45) is 0 Å². The van der Waals surface area contributed by atoms with Crippen LogP contribution < -0.4 is 14.8 Å². The summed E-state index contributed by atoms with van der Waals surface area (Å²) in [6.07, 6.45) is -2.96. The first-order valence-electron chi connectivity index (χ1n) is 11.1. The lowest BCUT2D eigenvalue weighted by Crippen LogP contribution is -2.50. The largest absolute Gasteiger partial charge is 0.573 e. The van der Waals surface area contributed by atoms with Gasteiger partial charge in [-0.25, -0.2) is 0 Å². The molecule has 0 saturated heterocycles. The molecular formula is C27H25F3N2O4. The number of carbonyl (C=O) groups excluding carboxylic acids is 1. The maximum absolute atomic E-state index is 13.3. The van der Waals surface area contributed by atoms with Crippen molar-refractivity contribution in [3.63, 3.8) is 0 Å². The van der Waals surface area contributed by atoms with Crippen molar-refractivity contribution in [3.05, 3.63) is 84.1 Å². The minimum Gasteiger partial charge on any atom is -0.497 e. The summed E-state index contributed by atoms with van der Waals surface area (Å²) in [5.41, 5.74) is 1.40. The quantitative estimate of drug-likeness (QED) is 0.301. The Morgan fingerprint density at radius 2 is 1.78 bits per heavy atom. The Bertz CT molecular complexity index is 1380. The number of aliphatic hydroxyl groups excluding tert-OH is 1. The van der Waals surface area contributed by atoms with Crippen molar-refractivity contribution in [1.82, 2.24) is 10.3 Å². The molecule has 188 valence electrons. The number of benzene rings is 3. The van der Waals surface area contributed by atoms with Crippen LogP contribution in [0.15, 0.2) is 72.9 Å². The number of alkyl halides is 3. The van der Waals surface area contributed by atoms with Crippen LogP contribution in [0, 0.1) is 0 Å². The van der Waals surface area contributed by atoms with Crippen molar-refractivity contribution in [3.8, 4) is 22.6 Å². The number of fused-ring (bicyclic) bond motifs is 1. The van der Waals surface area contributed by atoms with Crippen LogP contribution in [0.3, 0.4) is 0 Å². The van der Waals surface area contributed by atoms with E-state index < -0.39 is 30.2 Å². The summed E-state index contributed by atoms with van der Waals surface area (Å²) < 4.78 is 48.7. The highest BCUT2D eigenvalue weighted by Crippen LogP contribution is 2.32. The van der Waals surface area contributed by atoms with Gasteiger partial charge in [0.25, 0.3) is 5.91 Å². The van der Waals surface area contributed by atoms with Crippen LogP contribution >= 0.6 is 0 Å². The summed E-state index contributed by atoms with van der Waals surface area (Å²) in [7, 11) is 1.50. The van der Waals surface area contributed by atoms with Crippen LogP contribution in [0.4, 0.5) is 13.2 Å². The number of halogens is 3. The van der Waals surface area contributed by atoms with Gasteiger partial charge in [-0.2, -0.15) is 0 Å². The highest BCUT2D eigenvalue weighted by molar-refractivity contribution is 5.99. The third-order valence-electron chi connectivity index (χ3n) is 5.87. The summed E-state index contributed by atoms with van der Waals surface area (Å²) in [6.45, 7) is 1.19. The number of ether oxygens (including phenoxy) is 2. The van der Waals surface area contributed by atoms with Gasteiger partial charge in [-0.1, -0.05) is 36.4 Å². The van der Waals surface area contributed by atoms with Crippen molar-refractivity contribution in [1.29, 1.82) is 0 Å². The van der Waals surface area contributed by atoms with E-state index in [0.717, 1.165) is 22.5 Å². The van der Waals surface area contributed by atoms with Gasteiger partial charge in [-0.05, 0) is 60.4 Å². The first-order valence-corrected chi connectivity index (χ1v) is 11.1. The predicted molar refractivity (Wildman–Crippen MR) is 130 cm³/mol. The van der Waals surface area contributed by atoms with Gasteiger partial charge in [0.05, 0.1) is 24.8 Å². The summed E-state index contributed by atoms with van der Waals surface area (Å²) in [4.78, 5) is 16.5. The first kappa shape index (κ1) is 25.1. The van der Waals surface area contributed by atoms with Gasteiger partial charge >= 0.3 is 6.36 Å². The normalized spacial score (nSPS) is 13.3. The number of aliphatic hydroxyl groups is 1. The van der Waals surface area contributed by atoms with Gasteiger partial charge in [0.15, 0.2) is 0 Å². The Morgan fingerprint density at radius 3 is 2.50 bits per heavy atom. The number of aromatic amines is 1. The smallest absolute Gasteiger partial charge is 0.497 e. The zero-order valence-electron chi connectivity index (χ0n) is 19.6. The maximum Gasteiger partial charge on any atom is 0.573 e.